The second-order valence-electron chi connectivity index (χ2n) is 7.18. The number of carbonyl (C=O) groups is 1. The summed E-state index contributed by atoms with van der Waals surface area (Å²) in [6.07, 6.45) is 1.84. The highest BCUT2D eigenvalue weighted by Gasteiger charge is 2.33. The maximum absolute atomic E-state index is 13.4. The SMILES string of the molecule is COc1ccc(OC)c(/C=C2/SC(=NCc3ccccc3)N(Cc3ccccc3)C2=O)c1. The molecule has 0 spiro atoms. The van der Waals surface area contributed by atoms with Gasteiger partial charge >= 0.3 is 0 Å². The molecular weight excluding hydrogens is 420 g/mol. The van der Waals surface area contributed by atoms with Crippen LogP contribution in [0.5, 0.6) is 11.5 Å². The molecule has 5 nitrogen and oxygen atoms in total. The number of hydrogen-bond donors (Lipinski definition) is 0. The van der Waals surface area contributed by atoms with Gasteiger partial charge < -0.3 is 9.47 Å². The number of methoxy groups -OCH3 is 2. The van der Waals surface area contributed by atoms with Gasteiger partial charge in [-0.15, -0.1) is 0 Å². The molecule has 32 heavy (non-hydrogen) atoms. The number of rotatable bonds is 7. The van der Waals surface area contributed by atoms with Gasteiger partial charge in [-0.05, 0) is 47.2 Å². The third-order valence-corrected chi connectivity index (χ3v) is 6.08. The summed E-state index contributed by atoms with van der Waals surface area (Å²) in [7, 11) is 3.23. The van der Waals surface area contributed by atoms with Crippen LogP contribution < -0.4 is 9.47 Å². The van der Waals surface area contributed by atoms with Crippen LogP contribution in [0.25, 0.3) is 6.08 Å². The summed E-state index contributed by atoms with van der Waals surface area (Å²) in [5, 5.41) is 0.691. The van der Waals surface area contributed by atoms with Crippen LogP contribution in [0.4, 0.5) is 0 Å². The van der Waals surface area contributed by atoms with E-state index in [1.54, 1.807) is 19.1 Å². The summed E-state index contributed by atoms with van der Waals surface area (Å²) in [6.45, 7) is 0.977. The highest BCUT2D eigenvalue weighted by molar-refractivity contribution is 8.18. The van der Waals surface area contributed by atoms with E-state index in [0.717, 1.165) is 16.7 Å². The van der Waals surface area contributed by atoms with E-state index in [2.05, 4.69) is 0 Å². The van der Waals surface area contributed by atoms with Crippen molar-refractivity contribution in [1.82, 2.24) is 4.90 Å². The van der Waals surface area contributed by atoms with Gasteiger partial charge in [0.25, 0.3) is 5.91 Å². The smallest absolute Gasteiger partial charge is 0.267 e. The average Bonchev–Trinajstić information content (AvgIpc) is 3.13. The quantitative estimate of drug-likeness (QED) is 0.459. The number of thioether (sulfide) groups is 1. The topological polar surface area (TPSA) is 51.1 Å². The lowest BCUT2D eigenvalue weighted by Gasteiger charge is -2.15. The molecule has 1 saturated heterocycles. The van der Waals surface area contributed by atoms with Crippen molar-refractivity contribution < 1.29 is 14.3 Å². The van der Waals surface area contributed by atoms with E-state index in [-0.39, 0.29) is 5.91 Å². The van der Waals surface area contributed by atoms with Gasteiger partial charge in [-0.1, -0.05) is 60.7 Å². The lowest BCUT2D eigenvalue weighted by molar-refractivity contribution is -0.122. The monoisotopic (exact) mass is 444 g/mol. The molecule has 1 aliphatic rings. The first-order valence-corrected chi connectivity index (χ1v) is 11.1. The van der Waals surface area contributed by atoms with E-state index in [1.165, 1.54) is 11.8 Å². The molecule has 162 valence electrons. The first kappa shape index (κ1) is 21.7. The Hall–Kier alpha value is -3.51. The Bertz CT molecular complexity index is 1140. The maximum atomic E-state index is 13.4. The molecular formula is C26H24N2O3S. The van der Waals surface area contributed by atoms with Crippen LogP contribution in [0.2, 0.25) is 0 Å². The molecule has 0 aliphatic carbocycles. The molecule has 0 radical (unpaired) electrons. The van der Waals surface area contributed by atoms with Gasteiger partial charge in [-0.25, -0.2) is 0 Å². The standard InChI is InChI=1S/C26H24N2O3S/c1-30-22-13-14-23(31-2)21(15-22)16-24-25(29)28(18-20-11-7-4-8-12-20)26(32-24)27-17-19-9-5-3-6-10-19/h3-16H,17-18H2,1-2H3/b24-16+,27-26?. The van der Waals surface area contributed by atoms with E-state index in [9.17, 15) is 4.79 Å². The van der Waals surface area contributed by atoms with Crippen molar-refractivity contribution in [2.45, 2.75) is 13.1 Å². The van der Waals surface area contributed by atoms with Gasteiger partial charge in [-0.2, -0.15) is 0 Å². The largest absolute Gasteiger partial charge is 0.497 e. The summed E-state index contributed by atoms with van der Waals surface area (Å²) in [5.74, 6) is 1.30. The van der Waals surface area contributed by atoms with Gasteiger partial charge in [0.2, 0.25) is 0 Å². The highest BCUT2D eigenvalue weighted by atomic mass is 32.2. The summed E-state index contributed by atoms with van der Waals surface area (Å²) in [5.41, 5.74) is 2.93. The first-order chi connectivity index (χ1) is 15.7. The van der Waals surface area contributed by atoms with Crippen LogP contribution in [0.1, 0.15) is 16.7 Å². The summed E-state index contributed by atoms with van der Waals surface area (Å²) in [4.78, 5) is 20.5. The van der Waals surface area contributed by atoms with Crippen LogP contribution in [-0.2, 0) is 17.9 Å². The van der Waals surface area contributed by atoms with E-state index >= 15 is 0 Å². The van der Waals surface area contributed by atoms with Crippen molar-refractivity contribution in [3.05, 3.63) is 100 Å². The van der Waals surface area contributed by atoms with E-state index in [0.29, 0.717) is 34.7 Å². The van der Waals surface area contributed by atoms with E-state index < -0.39 is 0 Å². The van der Waals surface area contributed by atoms with Crippen molar-refractivity contribution in [1.29, 1.82) is 0 Å². The van der Waals surface area contributed by atoms with Crippen molar-refractivity contribution in [3.8, 4) is 11.5 Å². The first-order valence-electron chi connectivity index (χ1n) is 10.2. The Morgan fingerprint density at radius 2 is 1.59 bits per heavy atom. The molecule has 0 bridgehead atoms. The van der Waals surface area contributed by atoms with Crippen LogP contribution in [0.3, 0.4) is 0 Å². The molecule has 0 atom stereocenters. The second kappa shape index (κ2) is 10.2. The molecule has 0 N–H and O–H groups in total. The molecule has 1 amide bonds. The Morgan fingerprint density at radius 3 is 2.25 bits per heavy atom. The van der Waals surface area contributed by atoms with Crippen LogP contribution in [-0.4, -0.2) is 30.2 Å². The Morgan fingerprint density at radius 1 is 0.906 bits per heavy atom. The zero-order valence-corrected chi connectivity index (χ0v) is 18.8. The fraction of sp³-hybridized carbons (Fsp3) is 0.154. The normalized spacial score (nSPS) is 16.1. The minimum Gasteiger partial charge on any atom is -0.497 e. The van der Waals surface area contributed by atoms with Crippen LogP contribution >= 0.6 is 11.8 Å². The lowest BCUT2D eigenvalue weighted by atomic mass is 10.1. The third-order valence-electron chi connectivity index (χ3n) is 5.03. The van der Waals surface area contributed by atoms with Crippen molar-refractivity contribution >= 4 is 28.9 Å². The van der Waals surface area contributed by atoms with Gasteiger partial charge in [-0.3, -0.25) is 14.7 Å². The number of aliphatic imine (C=N–C) groups is 1. The van der Waals surface area contributed by atoms with Crippen molar-refractivity contribution in [2.24, 2.45) is 4.99 Å². The number of hydrogen-bond acceptors (Lipinski definition) is 5. The van der Waals surface area contributed by atoms with Crippen LogP contribution in [0, 0.1) is 0 Å². The molecule has 0 unspecified atom stereocenters. The van der Waals surface area contributed by atoms with Crippen molar-refractivity contribution in [2.75, 3.05) is 14.2 Å². The minimum atomic E-state index is -0.0736. The molecule has 6 heteroatoms. The van der Waals surface area contributed by atoms with Crippen molar-refractivity contribution in [3.63, 3.8) is 0 Å². The second-order valence-corrected chi connectivity index (χ2v) is 8.19. The Kier molecular flexibility index (Phi) is 6.92. The number of benzene rings is 3. The fourth-order valence-corrected chi connectivity index (χ4v) is 4.33. The molecule has 3 aromatic carbocycles. The molecule has 1 fully saturated rings. The highest BCUT2D eigenvalue weighted by Crippen LogP contribution is 2.36. The summed E-state index contributed by atoms with van der Waals surface area (Å²) in [6, 6.07) is 25.5. The number of carbonyl (C=O) groups excluding carboxylic acids is 1. The summed E-state index contributed by atoms with van der Waals surface area (Å²) >= 11 is 1.38. The third kappa shape index (κ3) is 5.03. The van der Waals surface area contributed by atoms with Gasteiger partial charge in [0.1, 0.15) is 11.5 Å². The number of amidine groups is 1. The number of ether oxygens (including phenoxy) is 2. The fourth-order valence-electron chi connectivity index (χ4n) is 3.37. The molecule has 0 aromatic heterocycles. The van der Waals surface area contributed by atoms with Gasteiger partial charge in [0.05, 0.1) is 32.2 Å². The number of amides is 1. The minimum absolute atomic E-state index is 0.0736. The molecule has 1 heterocycles. The Labute approximate surface area is 192 Å². The predicted octanol–water partition coefficient (Wildman–Crippen LogP) is 5.38. The molecule has 3 aromatic rings. The van der Waals surface area contributed by atoms with Crippen LogP contribution in [0.15, 0.2) is 88.8 Å². The number of nitrogens with zero attached hydrogens (tertiary/aromatic N) is 2. The Balaban J connectivity index is 1.67. The zero-order valence-electron chi connectivity index (χ0n) is 18.0. The lowest BCUT2D eigenvalue weighted by Crippen LogP contribution is -2.28. The maximum Gasteiger partial charge on any atom is 0.267 e. The van der Waals surface area contributed by atoms with E-state index in [1.807, 2.05) is 84.9 Å². The summed E-state index contributed by atoms with van der Waals surface area (Å²) < 4.78 is 10.8. The van der Waals surface area contributed by atoms with E-state index in [4.69, 9.17) is 14.5 Å². The average molecular weight is 445 g/mol. The predicted molar refractivity (Wildman–Crippen MR) is 130 cm³/mol. The molecule has 0 saturated carbocycles. The molecule has 1 aliphatic heterocycles. The zero-order chi connectivity index (χ0) is 22.3. The molecule has 4 rings (SSSR count). The van der Waals surface area contributed by atoms with Gasteiger partial charge in [0, 0.05) is 5.56 Å². The van der Waals surface area contributed by atoms with Gasteiger partial charge in [0.15, 0.2) is 5.17 Å².